The number of amides is 1. The predicted molar refractivity (Wildman–Crippen MR) is 64.0 cm³/mol. The first-order valence-corrected chi connectivity index (χ1v) is 5.06. The summed E-state index contributed by atoms with van der Waals surface area (Å²) in [4.78, 5) is 11.3. The molecule has 1 amide bonds. The van der Waals surface area contributed by atoms with Crippen molar-refractivity contribution in [2.24, 2.45) is 0 Å². The Labute approximate surface area is 98.4 Å². The zero-order chi connectivity index (χ0) is 12.0. The van der Waals surface area contributed by atoms with Gasteiger partial charge in [0, 0.05) is 6.08 Å². The Morgan fingerprint density at radius 1 is 1.44 bits per heavy atom. The van der Waals surface area contributed by atoms with Crippen LogP contribution in [0.4, 0.5) is 10.1 Å². The first-order chi connectivity index (χ1) is 7.63. The van der Waals surface area contributed by atoms with Gasteiger partial charge in [-0.15, -0.1) is 0 Å². The lowest BCUT2D eigenvalue weighted by Gasteiger charge is -2.04. The average Bonchev–Trinajstić information content (AvgIpc) is 2.23. The fourth-order valence-electron chi connectivity index (χ4n) is 1.02. The summed E-state index contributed by atoms with van der Waals surface area (Å²) in [6.45, 7) is 1.85. The monoisotopic (exact) mass is 239 g/mol. The van der Waals surface area contributed by atoms with Crippen LogP contribution in [0, 0.1) is 5.82 Å². The number of anilines is 1. The van der Waals surface area contributed by atoms with Gasteiger partial charge in [0.05, 0.1) is 10.7 Å². The number of carbonyl (C=O) groups is 1. The Kier molecular flexibility index (Phi) is 4.73. The molecular formula is C12H11ClFNO. The van der Waals surface area contributed by atoms with E-state index < -0.39 is 5.82 Å². The third-order valence-electron chi connectivity index (χ3n) is 1.74. The highest BCUT2D eigenvalue weighted by Gasteiger charge is 2.03. The Hall–Kier alpha value is -1.61. The number of rotatable bonds is 3. The van der Waals surface area contributed by atoms with E-state index in [9.17, 15) is 9.18 Å². The Morgan fingerprint density at radius 2 is 2.19 bits per heavy atom. The third-order valence-corrected chi connectivity index (χ3v) is 2.05. The van der Waals surface area contributed by atoms with E-state index in [4.69, 9.17) is 11.6 Å². The molecule has 0 fully saturated rings. The van der Waals surface area contributed by atoms with Gasteiger partial charge in [-0.25, -0.2) is 4.39 Å². The van der Waals surface area contributed by atoms with Crippen LogP contribution in [0.15, 0.2) is 42.5 Å². The summed E-state index contributed by atoms with van der Waals surface area (Å²) >= 11 is 5.74. The second-order valence-corrected chi connectivity index (χ2v) is 3.41. The van der Waals surface area contributed by atoms with E-state index in [0.29, 0.717) is 5.69 Å². The van der Waals surface area contributed by atoms with Crippen LogP contribution in [-0.4, -0.2) is 5.91 Å². The summed E-state index contributed by atoms with van der Waals surface area (Å²) in [6.07, 6.45) is 6.49. The molecule has 1 aromatic rings. The number of halogens is 2. The van der Waals surface area contributed by atoms with Gasteiger partial charge in [0.2, 0.25) is 5.91 Å². The number of hydrogen-bond acceptors (Lipinski definition) is 1. The zero-order valence-electron chi connectivity index (χ0n) is 8.71. The molecule has 4 heteroatoms. The molecule has 16 heavy (non-hydrogen) atoms. The molecule has 0 saturated carbocycles. The molecule has 0 aliphatic heterocycles. The maximum atomic E-state index is 12.7. The lowest BCUT2D eigenvalue weighted by Crippen LogP contribution is -2.08. The van der Waals surface area contributed by atoms with E-state index >= 15 is 0 Å². The van der Waals surface area contributed by atoms with Crippen molar-refractivity contribution in [3.05, 3.63) is 53.3 Å². The van der Waals surface area contributed by atoms with Gasteiger partial charge in [-0.2, -0.15) is 0 Å². The largest absolute Gasteiger partial charge is 0.321 e. The summed E-state index contributed by atoms with van der Waals surface area (Å²) in [5.41, 5.74) is 0.387. The van der Waals surface area contributed by atoms with E-state index in [1.165, 1.54) is 18.2 Å². The molecule has 0 aliphatic carbocycles. The number of hydrogen-bond donors (Lipinski definition) is 1. The highest BCUT2D eigenvalue weighted by atomic mass is 35.5. The predicted octanol–water partition coefficient (Wildman–Crippen LogP) is 3.55. The highest BCUT2D eigenvalue weighted by molar-refractivity contribution is 6.33. The Balaban J connectivity index is 2.70. The molecule has 0 radical (unpaired) electrons. The highest BCUT2D eigenvalue weighted by Crippen LogP contribution is 2.22. The zero-order valence-corrected chi connectivity index (χ0v) is 9.46. The molecule has 0 unspecified atom stereocenters. The van der Waals surface area contributed by atoms with Gasteiger partial charge in [0.15, 0.2) is 0 Å². The summed E-state index contributed by atoms with van der Waals surface area (Å²) in [5.74, 6) is -0.751. The van der Waals surface area contributed by atoms with Crippen molar-refractivity contribution in [2.45, 2.75) is 6.92 Å². The van der Waals surface area contributed by atoms with Crippen LogP contribution in [0.1, 0.15) is 6.92 Å². The maximum absolute atomic E-state index is 12.7. The smallest absolute Gasteiger partial charge is 0.248 e. The summed E-state index contributed by atoms with van der Waals surface area (Å²) in [6, 6.07) is 3.79. The minimum Gasteiger partial charge on any atom is -0.321 e. The standard InChI is InChI=1S/C12H11ClFNO/c1-2-3-4-5-12(16)15-11-7-6-9(14)8-10(11)13/h2-8H,1H3,(H,15,16)/b3-2+,5-4+. The quantitative estimate of drug-likeness (QED) is 0.634. The maximum Gasteiger partial charge on any atom is 0.248 e. The van der Waals surface area contributed by atoms with E-state index in [-0.39, 0.29) is 10.9 Å². The second-order valence-electron chi connectivity index (χ2n) is 3.00. The fraction of sp³-hybridized carbons (Fsp3) is 0.0833. The number of nitrogens with one attached hydrogen (secondary N) is 1. The van der Waals surface area contributed by atoms with Crippen molar-refractivity contribution < 1.29 is 9.18 Å². The second kappa shape index (κ2) is 6.08. The molecule has 0 spiro atoms. The van der Waals surface area contributed by atoms with E-state index in [0.717, 1.165) is 6.07 Å². The number of benzene rings is 1. The van der Waals surface area contributed by atoms with Crippen LogP contribution >= 0.6 is 11.6 Å². The Morgan fingerprint density at radius 3 is 2.81 bits per heavy atom. The summed E-state index contributed by atoms with van der Waals surface area (Å²) in [7, 11) is 0. The van der Waals surface area contributed by atoms with Gasteiger partial charge in [0.25, 0.3) is 0 Å². The van der Waals surface area contributed by atoms with Gasteiger partial charge < -0.3 is 5.32 Å². The normalized spacial score (nSPS) is 11.2. The van der Waals surface area contributed by atoms with Crippen LogP contribution in [0.3, 0.4) is 0 Å². The van der Waals surface area contributed by atoms with Gasteiger partial charge in [-0.3, -0.25) is 4.79 Å². The molecule has 0 aromatic heterocycles. The molecule has 1 aromatic carbocycles. The first-order valence-electron chi connectivity index (χ1n) is 4.69. The van der Waals surface area contributed by atoms with E-state index in [1.807, 2.05) is 6.92 Å². The minimum atomic E-state index is -0.438. The van der Waals surface area contributed by atoms with Crippen LogP contribution in [0.25, 0.3) is 0 Å². The fourth-order valence-corrected chi connectivity index (χ4v) is 1.23. The number of carbonyl (C=O) groups excluding carboxylic acids is 1. The van der Waals surface area contributed by atoms with Crippen molar-refractivity contribution in [1.82, 2.24) is 0 Å². The van der Waals surface area contributed by atoms with Gasteiger partial charge in [-0.1, -0.05) is 29.8 Å². The topological polar surface area (TPSA) is 29.1 Å². The third kappa shape index (κ3) is 3.87. The van der Waals surface area contributed by atoms with Crippen LogP contribution in [-0.2, 0) is 4.79 Å². The molecule has 0 saturated heterocycles. The van der Waals surface area contributed by atoms with Gasteiger partial charge in [0.1, 0.15) is 5.82 Å². The van der Waals surface area contributed by atoms with E-state index in [2.05, 4.69) is 5.32 Å². The minimum absolute atomic E-state index is 0.174. The van der Waals surface area contributed by atoms with E-state index in [1.54, 1.807) is 18.2 Å². The summed E-state index contributed by atoms with van der Waals surface area (Å²) in [5, 5.41) is 2.71. The van der Waals surface area contributed by atoms with Crippen LogP contribution in [0.5, 0.6) is 0 Å². The average molecular weight is 240 g/mol. The number of allylic oxidation sites excluding steroid dienone is 3. The molecule has 0 heterocycles. The molecule has 2 nitrogen and oxygen atoms in total. The molecule has 0 aliphatic rings. The van der Waals surface area contributed by atoms with Crippen molar-refractivity contribution >= 4 is 23.2 Å². The molecule has 1 N–H and O–H groups in total. The van der Waals surface area contributed by atoms with Gasteiger partial charge in [-0.05, 0) is 25.1 Å². The Bertz CT molecular complexity index is 441. The summed E-state index contributed by atoms with van der Waals surface area (Å²) < 4.78 is 12.7. The van der Waals surface area contributed by atoms with Crippen LogP contribution in [0.2, 0.25) is 5.02 Å². The SMILES string of the molecule is C/C=C/C=C/C(=O)Nc1ccc(F)cc1Cl. The first kappa shape index (κ1) is 12.5. The lowest BCUT2D eigenvalue weighted by molar-refractivity contribution is -0.111. The van der Waals surface area contributed by atoms with Crippen LogP contribution < -0.4 is 5.32 Å². The molecule has 84 valence electrons. The van der Waals surface area contributed by atoms with Crippen molar-refractivity contribution in [1.29, 1.82) is 0 Å². The molecule has 0 atom stereocenters. The van der Waals surface area contributed by atoms with Gasteiger partial charge >= 0.3 is 0 Å². The molecule has 0 bridgehead atoms. The van der Waals surface area contributed by atoms with Crippen molar-refractivity contribution in [3.8, 4) is 0 Å². The van der Waals surface area contributed by atoms with Crippen molar-refractivity contribution in [3.63, 3.8) is 0 Å². The van der Waals surface area contributed by atoms with Crippen molar-refractivity contribution in [2.75, 3.05) is 5.32 Å². The molecular weight excluding hydrogens is 229 g/mol. The molecule has 1 rings (SSSR count). The lowest BCUT2D eigenvalue weighted by atomic mass is 10.3.